The zero-order valence-corrected chi connectivity index (χ0v) is 25.3. The summed E-state index contributed by atoms with van der Waals surface area (Å²) < 4.78 is 11.7. The van der Waals surface area contributed by atoms with Crippen LogP contribution in [0.5, 0.6) is 11.5 Å². The van der Waals surface area contributed by atoms with Crippen molar-refractivity contribution in [1.29, 1.82) is 0 Å². The molecule has 9 heteroatoms. The highest BCUT2D eigenvalue weighted by Crippen LogP contribution is 2.42. The van der Waals surface area contributed by atoms with Crippen LogP contribution in [0.15, 0.2) is 30.5 Å². The fraction of sp³-hybridized carbons (Fsp3) is 0.688. The molecule has 3 aliphatic rings. The Hall–Kier alpha value is -2.62. The number of benzene rings is 1. The maximum absolute atomic E-state index is 6.32. The van der Waals surface area contributed by atoms with Gasteiger partial charge in [-0.15, -0.1) is 0 Å². The van der Waals surface area contributed by atoms with E-state index in [4.69, 9.17) is 19.3 Å². The molecule has 0 amide bonds. The molecule has 0 bridgehead atoms. The van der Waals surface area contributed by atoms with Crippen LogP contribution in [0, 0.1) is 11.8 Å². The summed E-state index contributed by atoms with van der Waals surface area (Å²) in [5, 5.41) is 6.94. The molecule has 9 nitrogen and oxygen atoms in total. The van der Waals surface area contributed by atoms with Crippen molar-refractivity contribution in [2.45, 2.75) is 89.7 Å². The van der Waals surface area contributed by atoms with Gasteiger partial charge in [0.25, 0.3) is 0 Å². The molecule has 3 fully saturated rings. The van der Waals surface area contributed by atoms with Gasteiger partial charge in [-0.3, -0.25) is 4.84 Å². The van der Waals surface area contributed by atoms with E-state index in [1.54, 1.807) is 13.3 Å². The fourth-order valence-electron chi connectivity index (χ4n) is 6.87. The van der Waals surface area contributed by atoms with Crippen LogP contribution >= 0.6 is 0 Å². The lowest BCUT2D eigenvalue weighted by atomic mass is 9.71. The second-order valence-electron chi connectivity index (χ2n) is 12.2. The van der Waals surface area contributed by atoms with Gasteiger partial charge < -0.3 is 25.0 Å². The smallest absolute Gasteiger partial charge is 0.229 e. The summed E-state index contributed by atoms with van der Waals surface area (Å²) in [5.41, 5.74) is 3.98. The number of hydroxylamine groups is 1. The van der Waals surface area contributed by atoms with Gasteiger partial charge in [0.15, 0.2) is 11.5 Å². The molecule has 226 valence electrons. The standard InChI is InChI=1S/C32H50N6O3/c1-24-27(32(2,41-37-24)25-12-7-5-4-6-8-13-25)23-34-30-16-17-33-31(36-30)35-26-14-15-28(39-3)29(22-26)40-21-11-20-38-18-9-10-19-38/h14-17,22,24-25,27,37H,4-13,18-21,23H2,1-3H3,(H2,33,34,35,36). The number of nitrogens with zero attached hydrogens (tertiary/aromatic N) is 3. The third-order valence-corrected chi connectivity index (χ3v) is 9.37. The summed E-state index contributed by atoms with van der Waals surface area (Å²) in [6, 6.07) is 8.04. The van der Waals surface area contributed by atoms with Crippen LogP contribution in [0.1, 0.15) is 78.1 Å². The van der Waals surface area contributed by atoms with E-state index in [-0.39, 0.29) is 11.6 Å². The predicted octanol–water partition coefficient (Wildman–Crippen LogP) is 6.16. The highest BCUT2D eigenvalue weighted by molar-refractivity contribution is 5.60. The Morgan fingerprint density at radius 3 is 2.61 bits per heavy atom. The Morgan fingerprint density at radius 2 is 1.83 bits per heavy atom. The summed E-state index contributed by atoms with van der Waals surface area (Å²) in [7, 11) is 1.67. The van der Waals surface area contributed by atoms with Crippen molar-refractivity contribution < 1.29 is 14.3 Å². The first-order chi connectivity index (χ1) is 20.0. The van der Waals surface area contributed by atoms with Gasteiger partial charge >= 0.3 is 0 Å². The van der Waals surface area contributed by atoms with Crippen molar-refractivity contribution in [2.24, 2.45) is 11.8 Å². The van der Waals surface area contributed by atoms with Gasteiger partial charge in [0.2, 0.25) is 5.95 Å². The molecule has 0 radical (unpaired) electrons. The molecule has 1 aliphatic carbocycles. The average Bonchev–Trinajstić information content (AvgIpc) is 3.58. The minimum atomic E-state index is -0.189. The molecule has 2 aliphatic heterocycles. The van der Waals surface area contributed by atoms with Crippen molar-refractivity contribution in [2.75, 3.05) is 50.5 Å². The number of likely N-dealkylation sites (tertiary alicyclic amines) is 1. The molecule has 1 aromatic heterocycles. The number of anilines is 3. The molecule has 3 atom stereocenters. The summed E-state index contributed by atoms with van der Waals surface area (Å²) >= 11 is 0. The molecule has 2 aromatic rings. The monoisotopic (exact) mass is 566 g/mol. The molecular weight excluding hydrogens is 516 g/mol. The van der Waals surface area contributed by atoms with Gasteiger partial charge in [-0.25, -0.2) is 4.98 Å². The number of methoxy groups -OCH3 is 1. The average molecular weight is 567 g/mol. The number of rotatable bonds is 12. The van der Waals surface area contributed by atoms with Crippen LogP contribution in [0.3, 0.4) is 0 Å². The number of hydrogen-bond acceptors (Lipinski definition) is 9. The molecule has 5 rings (SSSR count). The van der Waals surface area contributed by atoms with Crippen molar-refractivity contribution in [3.63, 3.8) is 0 Å². The van der Waals surface area contributed by atoms with E-state index >= 15 is 0 Å². The zero-order valence-electron chi connectivity index (χ0n) is 25.3. The van der Waals surface area contributed by atoms with E-state index < -0.39 is 0 Å². The quantitative estimate of drug-likeness (QED) is 0.261. The van der Waals surface area contributed by atoms with Gasteiger partial charge in [-0.1, -0.05) is 32.1 Å². The van der Waals surface area contributed by atoms with E-state index in [2.05, 4.69) is 39.8 Å². The van der Waals surface area contributed by atoms with Gasteiger partial charge in [-0.05, 0) is 83.2 Å². The Labute approximate surface area is 246 Å². The van der Waals surface area contributed by atoms with Gasteiger partial charge in [-0.2, -0.15) is 10.5 Å². The molecule has 2 saturated heterocycles. The lowest BCUT2D eigenvalue weighted by Crippen LogP contribution is -2.45. The highest BCUT2D eigenvalue weighted by Gasteiger charge is 2.49. The molecule has 1 saturated carbocycles. The van der Waals surface area contributed by atoms with E-state index in [0.29, 0.717) is 24.4 Å². The molecule has 3 unspecified atom stereocenters. The van der Waals surface area contributed by atoms with Gasteiger partial charge in [0.05, 0.1) is 19.3 Å². The molecular formula is C32H50N6O3. The second kappa shape index (κ2) is 14.5. The summed E-state index contributed by atoms with van der Waals surface area (Å²) in [5.74, 6) is 3.70. The number of ether oxygens (including phenoxy) is 2. The van der Waals surface area contributed by atoms with E-state index in [9.17, 15) is 0 Å². The first kappa shape index (κ1) is 29.9. The first-order valence-corrected chi connectivity index (χ1v) is 15.9. The molecule has 1 aromatic carbocycles. The number of aromatic nitrogens is 2. The Balaban J connectivity index is 1.18. The highest BCUT2D eigenvalue weighted by atomic mass is 16.7. The molecule has 3 heterocycles. The number of hydrogen-bond donors (Lipinski definition) is 3. The summed E-state index contributed by atoms with van der Waals surface area (Å²) in [6.45, 7) is 9.48. The third kappa shape index (κ3) is 7.81. The van der Waals surface area contributed by atoms with E-state index in [0.717, 1.165) is 42.5 Å². The summed E-state index contributed by atoms with van der Waals surface area (Å²) in [4.78, 5) is 18.1. The van der Waals surface area contributed by atoms with E-state index in [1.807, 2.05) is 24.3 Å². The third-order valence-electron chi connectivity index (χ3n) is 9.37. The fourth-order valence-corrected chi connectivity index (χ4v) is 6.87. The van der Waals surface area contributed by atoms with Crippen LogP contribution in [0.25, 0.3) is 0 Å². The van der Waals surface area contributed by atoms with Crippen molar-refractivity contribution in [3.8, 4) is 11.5 Å². The van der Waals surface area contributed by atoms with E-state index in [1.165, 1.54) is 70.9 Å². The molecule has 41 heavy (non-hydrogen) atoms. The maximum atomic E-state index is 6.32. The Kier molecular flexibility index (Phi) is 10.6. The van der Waals surface area contributed by atoms with Crippen molar-refractivity contribution >= 4 is 17.5 Å². The predicted molar refractivity (Wildman–Crippen MR) is 164 cm³/mol. The number of nitrogens with one attached hydrogen (secondary N) is 3. The minimum Gasteiger partial charge on any atom is -0.493 e. The first-order valence-electron chi connectivity index (χ1n) is 15.9. The van der Waals surface area contributed by atoms with Crippen molar-refractivity contribution in [1.82, 2.24) is 20.3 Å². The Bertz CT molecular complexity index is 1090. The van der Waals surface area contributed by atoms with Crippen LogP contribution < -0.4 is 25.6 Å². The molecule has 0 spiro atoms. The van der Waals surface area contributed by atoms with Crippen LogP contribution in [-0.2, 0) is 4.84 Å². The zero-order chi connectivity index (χ0) is 28.5. The topological polar surface area (TPSA) is 92.8 Å². The van der Waals surface area contributed by atoms with Crippen LogP contribution in [0.2, 0.25) is 0 Å². The van der Waals surface area contributed by atoms with Gasteiger partial charge in [0, 0.05) is 43.0 Å². The van der Waals surface area contributed by atoms with Crippen LogP contribution in [0.4, 0.5) is 17.5 Å². The second-order valence-corrected chi connectivity index (χ2v) is 12.2. The molecule has 3 N–H and O–H groups in total. The lowest BCUT2D eigenvalue weighted by molar-refractivity contribution is -0.100. The maximum Gasteiger partial charge on any atom is 0.229 e. The van der Waals surface area contributed by atoms with Crippen LogP contribution in [-0.4, -0.2) is 66.4 Å². The lowest BCUT2D eigenvalue weighted by Gasteiger charge is -2.38. The van der Waals surface area contributed by atoms with Crippen molar-refractivity contribution in [3.05, 3.63) is 30.5 Å². The minimum absolute atomic E-state index is 0.189. The largest absolute Gasteiger partial charge is 0.493 e. The normalized spacial score (nSPS) is 25.9. The summed E-state index contributed by atoms with van der Waals surface area (Å²) in [6.07, 6.45) is 14.6. The SMILES string of the molecule is COc1ccc(Nc2nccc(NCC3C(C)NOC3(C)C3CCCCCCC3)n2)cc1OCCCN1CCCC1. The Morgan fingerprint density at radius 1 is 1.05 bits per heavy atom. The van der Waals surface area contributed by atoms with Gasteiger partial charge in [0.1, 0.15) is 5.82 Å².